The van der Waals surface area contributed by atoms with Gasteiger partial charge in [0.2, 0.25) is 0 Å². The SMILES string of the molecule is C=CC[C@]1(CC(=O)OCC)CC2(C[C@@](C)(CO[Si](c3ccccc3)(c3ccccc3)C(C)(C)C)C1=O)OCCO2. The van der Waals surface area contributed by atoms with Crippen LogP contribution in [-0.2, 0) is 28.2 Å². The van der Waals surface area contributed by atoms with Crippen molar-refractivity contribution in [3.8, 4) is 0 Å². The van der Waals surface area contributed by atoms with Crippen LogP contribution >= 0.6 is 0 Å². The van der Waals surface area contributed by atoms with E-state index in [1.54, 1.807) is 13.0 Å². The number of ether oxygens (including phenoxy) is 3. The Bertz CT molecular complexity index is 1140. The number of rotatable bonds is 10. The quantitative estimate of drug-likeness (QED) is 0.225. The van der Waals surface area contributed by atoms with Crippen molar-refractivity contribution in [1.29, 1.82) is 0 Å². The van der Waals surface area contributed by atoms with Crippen LogP contribution in [0.25, 0.3) is 0 Å². The van der Waals surface area contributed by atoms with Gasteiger partial charge in [-0.3, -0.25) is 9.59 Å². The summed E-state index contributed by atoms with van der Waals surface area (Å²) in [7, 11) is -2.92. The van der Waals surface area contributed by atoms with Gasteiger partial charge in [-0.2, -0.15) is 0 Å². The Hall–Kier alpha value is -2.58. The molecule has 0 unspecified atom stereocenters. The third kappa shape index (κ3) is 5.62. The molecule has 2 aliphatic rings. The third-order valence-electron chi connectivity index (χ3n) is 8.46. The first-order valence-corrected chi connectivity index (χ1v) is 16.2. The normalized spacial score (nSPS) is 24.7. The van der Waals surface area contributed by atoms with Crippen LogP contribution in [0.4, 0.5) is 0 Å². The Morgan fingerprint density at radius 1 is 1.00 bits per heavy atom. The second-order valence-electron chi connectivity index (χ2n) is 12.6. The van der Waals surface area contributed by atoms with E-state index in [-0.39, 0.29) is 30.5 Å². The Morgan fingerprint density at radius 2 is 1.55 bits per heavy atom. The number of benzene rings is 2. The zero-order valence-electron chi connectivity index (χ0n) is 24.7. The van der Waals surface area contributed by atoms with E-state index in [4.69, 9.17) is 18.6 Å². The Kier molecular flexibility index (Phi) is 8.90. The van der Waals surface area contributed by atoms with Gasteiger partial charge < -0.3 is 18.6 Å². The lowest BCUT2D eigenvalue weighted by molar-refractivity contribution is -0.227. The van der Waals surface area contributed by atoms with E-state index in [2.05, 4.69) is 51.6 Å². The standard InChI is InChI=1S/C33H44O6Si/c1-7-19-32(22-28(34)36-8-2)24-33(37-20-21-38-33)23-31(6,29(32)35)25-39-40(30(3,4)5,26-15-11-9-12-16-26)27-17-13-10-14-18-27/h7,9-18H,1,8,19-25H2,2-6H3/t31-,32-/m0/s1. The van der Waals surface area contributed by atoms with Crippen LogP contribution in [0.1, 0.15) is 60.3 Å². The van der Waals surface area contributed by atoms with E-state index >= 15 is 0 Å². The van der Waals surface area contributed by atoms with Gasteiger partial charge in [0.05, 0.1) is 31.7 Å². The highest BCUT2D eigenvalue weighted by Gasteiger charge is 2.63. The fourth-order valence-corrected chi connectivity index (χ4v) is 11.7. The van der Waals surface area contributed by atoms with Crippen molar-refractivity contribution in [2.75, 3.05) is 26.4 Å². The summed E-state index contributed by atoms with van der Waals surface area (Å²) in [6.45, 7) is 15.6. The van der Waals surface area contributed by atoms with Crippen molar-refractivity contribution < 1.29 is 28.2 Å². The molecule has 0 radical (unpaired) electrons. The molecule has 2 aromatic carbocycles. The number of esters is 1. The van der Waals surface area contributed by atoms with Crippen molar-refractivity contribution >= 4 is 30.4 Å². The summed E-state index contributed by atoms with van der Waals surface area (Å²) in [6.07, 6.45) is 2.65. The summed E-state index contributed by atoms with van der Waals surface area (Å²) in [5.41, 5.74) is -2.02. The summed E-state index contributed by atoms with van der Waals surface area (Å²) < 4.78 is 25.1. The minimum Gasteiger partial charge on any atom is -0.466 e. The van der Waals surface area contributed by atoms with E-state index < -0.39 is 30.9 Å². The number of ketones is 1. The van der Waals surface area contributed by atoms with Crippen LogP contribution in [0.15, 0.2) is 73.3 Å². The Balaban J connectivity index is 1.81. The molecule has 1 spiro atoms. The van der Waals surface area contributed by atoms with E-state index in [0.29, 0.717) is 32.5 Å². The molecular formula is C33H44O6Si. The summed E-state index contributed by atoms with van der Waals surface area (Å²) in [4.78, 5) is 27.5. The van der Waals surface area contributed by atoms with Crippen molar-refractivity contribution in [3.05, 3.63) is 73.3 Å². The molecule has 0 aromatic heterocycles. The molecular weight excluding hydrogens is 520 g/mol. The van der Waals surface area contributed by atoms with Gasteiger partial charge in [-0.25, -0.2) is 0 Å². The highest BCUT2D eigenvalue weighted by atomic mass is 28.4. The Labute approximate surface area is 240 Å². The van der Waals surface area contributed by atoms with E-state index in [9.17, 15) is 9.59 Å². The molecule has 1 aliphatic carbocycles. The van der Waals surface area contributed by atoms with Crippen molar-refractivity contribution in [3.63, 3.8) is 0 Å². The molecule has 0 bridgehead atoms. The smallest absolute Gasteiger partial charge is 0.306 e. The topological polar surface area (TPSA) is 71.1 Å². The maximum Gasteiger partial charge on any atom is 0.306 e. The van der Waals surface area contributed by atoms with E-state index in [1.165, 1.54) is 0 Å². The molecule has 4 rings (SSSR count). The molecule has 2 fully saturated rings. The van der Waals surface area contributed by atoms with Gasteiger partial charge in [0.1, 0.15) is 5.78 Å². The molecule has 1 saturated heterocycles. The summed E-state index contributed by atoms with van der Waals surface area (Å²) in [5.74, 6) is -1.38. The number of allylic oxidation sites excluding steroid dienone is 1. The average Bonchev–Trinajstić information content (AvgIpc) is 3.35. The molecule has 1 saturated carbocycles. The molecule has 6 nitrogen and oxygen atoms in total. The van der Waals surface area contributed by atoms with Crippen molar-refractivity contribution in [2.24, 2.45) is 10.8 Å². The van der Waals surface area contributed by atoms with Gasteiger partial charge in [-0.1, -0.05) is 94.4 Å². The van der Waals surface area contributed by atoms with Crippen LogP contribution in [0.5, 0.6) is 0 Å². The lowest BCUT2D eigenvalue weighted by Gasteiger charge is -2.52. The van der Waals surface area contributed by atoms with Crippen LogP contribution in [0.2, 0.25) is 5.04 Å². The zero-order valence-corrected chi connectivity index (χ0v) is 25.7. The van der Waals surface area contributed by atoms with Crippen LogP contribution in [0.3, 0.4) is 0 Å². The first-order chi connectivity index (χ1) is 19.0. The predicted molar refractivity (Wildman–Crippen MR) is 159 cm³/mol. The van der Waals surface area contributed by atoms with Crippen LogP contribution in [0, 0.1) is 10.8 Å². The first kappa shape index (κ1) is 30.4. The highest BCUT2D eigenvalue weighted by molar-refractivity contribution is 6.99. The Morgan fingerprint density at radius 3 is 2.02 bits per heavy atom. The fraction of sp³-hybridized carbons (Fsp3) is 0.515. The number of hydrogen-bond acceptors (Lipinski definition) is 6. The molecule has 40 heavy (non-hydrogen) atoms. The highest BCUT2D eigenvalue weighted by Crippen LogP contribution is 2.55. The van der Waals surface area contributed by atoms with Gasteiger partial charge in [0.15, 0.2) is 5.79 Å². The zero-order chi connectivity index (χ0) is 29.1. The van der Waals surface area contributed by atoms with Gasteiger partial charge in [0.25, 0.3) is 8.32 Å². The molecule has 1 aliphatic heterocycles. The van der Waals surface area contributed by atoms with Crippen LogP contribution < -0.4 is 10.4 Å². The molecule has 216 valence electrons. The van der Waals surface area contributed by atoms with Crippen molar-refractivity contribution in [1.82, 2.24) is 0 Å². The monoisotopic (exact) mass is 564 g/mol. The lowest BCUT2D eigenvalue weighted by Crippen LogP contribution is -2.68. The van der Waals surface area contributed by atoms with Gasteiger partial charge in [0, 0.05) is 24.9 Å². The number of hydrogen-bond donors (Lipinski definition) is 0. The maximum atomic E-state index is 14.6. The second-order valence-corrected chi connectivity index (χ2v) is 16.9. The average molecular weight is 565 g/mol. The number of Topliss-reactive ketones (excluding diaryl/α,β-unsaturated/α-hetero) is 1. The third-order valence-corrected chi connectivity index (χ3v) is 13.4. The van der Waals surface area contributed by atoms with Gasteiger partial charge in [-0.15, -0.1) is 6.58 Å². The fourth-order valence-electron chi connectivity index (χ4n) is 6.96. The summed E-state index contributed by atoms with van der Waals surface area (Å²) in [5, 5.41) is 2.05. The number of carbonyl (C=O) groups excluding carboxylic acids is 2. The maximum absolute atomic E-state index is 14.6. The van der Waals surface area contributed by atoms with Gasteiger partial charge >= 0.3 is 5.97 Å². The molecule has 0 amide bonds. The molecule has 2 aromatic rings. The van der Waals surface area contributed by atoms with E-state index in [0.717, 1.165) is 10.4 Å². The summed E-state index contributed by atoms with van der Waals surface area (Å²) >= 11 is 0. The van der Waals surface area contributed by atoms with Gasteiger partial charge in [-0.05, 0) is 28.8 Å². The second kappa shape index (κ2) is 11.7. The van der Waals surface area contributed by atoms with Crippen LogP contribution in [-0.4, -0.2) is 52.3 Å². The van der Waals surface area contributed by atoms with E-state index in [1.807, 2.05) is 43.3 Å². The van der Waals surface area contributed by atoms with Crippen molar-refractivity contribution in [2.45, 2.75) is 71.1 Å². The number of carbonyl (C=O) groups is 2. The predicted octanol–water partition coefficient (Wildman–Crippen LogP) is 5.19. The summed E-state index contributed by atoms with van der Waals surface area (Å²) in [6, 6.07) is 20.8. The molecule has 0 N–H and O–H groups in total. The minimum absolute atomic E-state index is 0.0180. The largest absolute Gasteiger partial charge is 0.466 e. The molecule has 1 heterocycles. The lowest BCUT2D eigenvalue weighted by atomic mass is 9.57. The minimum atomic E-state index is -2.92. The first-order valence-electron chi connectivity index (χ1n) is 14.3. The molecule has 7 heteroatoms. The molecule has 2 atom stereocenters.